The maximum Gasteiger partial charge on any atom is 0.233 e. The van der Waals surface area contributed by atoms with Gasteiger partial charge < -0.3 is 5.32 Å². The fourth-order valence-electron chi connectivity index (χ4n) is 1.10. The minimum absolute atomic E-state index is 0.0165. The number of rotatable bonds is 5. The molecule has 0 saturated carbocycles. The molecule has 1 aromatic heterocycles. The summed E-state index contributed by atoms with van der Waals surface area (Å²) in [6.45, 7) is 7.74. The van der Waals surface area contributed by atoms with Crippen molar-refractivity contribution in [2.75, 3.05) is 0 Å². The molecule has 0 aliphatic carbocycles. The molecule has 2 N–H and O–H groups in total. The van der Waals surface area contributed by atoms with Crippen LogP contribution in [0.3, 0.4) is 0 Å². The van der Waals surface area contributed by atoms with Gasteiger partial charge in [-0.05, 0) is 20.8 Å². The molecule has 1 unspecified atom stereocenters. The molecule has 1 aromatic rings. The molecular formula is C10H18N4OS. The standard InChI is InChI=1S/C10H18N4OS/c1-5-8-12-10(14-13-8)16-7(4)9(15)11-6(2)3/h6-7H,5H2,1-4H3,(H,11,15)(H,12,13,14). The molecule has 90 valence electrons. The summed E-state index contributed by atoms with van der Waals surface area (Å²) < 4.78 is 0. The van der Waals surface area contributed by atoms with E-state index in [-0.39, 0.29) is 17.2 Å². The van der Waals surface area contributed by atoms with Gasteiger partial charge in [0.2, 0.25) is 11.1 Å². The molecule has 1 atom stereocenters. The number of aromatic nitrogens is 3. The fraction of sp³-hybridized carbons (Fsp3) is 0.700. The molecule has 0 aromatic carbocycles. The lowest BCUT2D eigenvalue weighted by molar-refractivity contribution is -0.120. The van der Waals surface area contributed by atoms with Crippen molar-refractivity contribution in [1.82, 2.24) is 20.5 Å². The quantitative estimate of drug-likeness (QED) is 0.765. The number of nitrogens with one attached hydrogen (secondary N) is 2. The SMILES string of the molecule is CCc1nc(SC(C)C(=O)NC(C)C)n[nH]1. The van der Waals surface area contributed by atoms with E-state index in [1.54, 1.807) is 0 Å². The van der Waals surface area contributed by atoms with Gasteiger partial charge in [0.15, 0.2) is 0 Å². The Morgan fingerprint density at radius 3 is 2.69 bits per heavy atom. The lowest BCUT2D eigenvalue weighted by Crippen LogP contribution is -2.35. The van der Waals surface area contributed by atoms with Crippen molar-refractivity contribution in [3.05, 3.63) is 5.82 Å². The van der Waals surface area contributed by atoms with Crippen molar-refractivity contribution in [2.24, 2.45) is 0 Å². The average molecular weight is 242 g/mol. The zero-order valence-electron chi connectivity index (χ0n) is 10.1. The van der Waals surface area contributed by atoms with E-state index in [1.807, 2.05) is 27.7 Å². The van der Waals surface area contributed by atoms with Gasteiger partial charge in [-0.15, -0.1) is 5.10 Å². The molecule has 0 bridgehead atoms. The number of hydrogen-bond donors (Lipinski definition) is 2. The number of aromatic amines is 1. The van der Waals surface area contributed by atoms with Crippen molar-refractivity contribution in [1.29, 1.82) is 0 Å². The van der Waals surface area contributed by atoms with Crippen LogP contribution in [0.2, 0.25) is 0 Å². The molecule has 0 spiro atoms. The number of hydrogen-bond acceptors (Lipinski definition) is 4. The van der Waals surface area contributed by atoms with E-state index in [0.717, 1.165) is 12.2 Å². The van der Waals surface area contributed by atoms with E-state index in [2.05, 4.69) is 20.5 Å². The Labute approximate surface area is 99.8 Å². The van der Waals surface area contributed by atoms with Crippen LogP contribution in [0.25, 0.3) is 0 Å². The lowest BCUT2D eigenvalue weighted by atomic mass is 10.3. The van der Waals surface area contributed by atoms with Crippen LogP contribution in [0.5, 0.6) is 0 Å². The lowest BCUT2D eigenvalue weighted by Gasteiger charge is -2.12. The summed E-state index contributed by atoms with van der Waals surface area (Å²) in [7, 11) is 0. The maximum atomic E-state index is 11.6. The predicted octanol–water partition coefficient (Wildman–Crippen LogP) is 1.37. The third-order valence-corrected chi connectivity index (χ3v) is 2.89. The van der Waals surface area contributed by atoms with Crippen LogP contribution in [0, 0.1) is 0 Å². The molecule has 6 heteroatoms. The number of amides is 1. The third kappa shape index (κ3) is 3.84. The van der Waals surface area contributed by atoms with Crippen LogP contribution in [-0.4, -0.2) is 32.4 Å². The Hall–Kier alpha value is -1.04. The van der Waals surface area contributed by atoms with Gasteiger partial charge >= 0.3 is 0 Å². The topological polar surface area (TPSA) is 70.7 Å². The summed E-state index contributed by atoms with van der Waals surface area (Å²) in [6.07, 6.45) is 0.820. The van der Waals surface area contributed by atoms with Crippen LogP contribution in [0.1, 0.15) is 33.5 Å². The van der Waals surface area contributed by atoms with Crippen LogP contribution in [0.15, 0.2) is 5.16 Å². The summed E-state index contributed by atoms with van der Waals surface area (Å²) >= 11 is 1.36. The first-order valence-electron chi connectivity index (χ1n) is 5.41. The van der Waals surface area contributed by atoms with E-state index in [4.69, 9.17) is 0 Å². The molecule has 0 radical (unpaired) electrons. The highest BCUT2D eigenvalue weighted by atomic mass is 32.2. The second-order valence-corrected chi connectivity index (χ2v) is 5.15. The highest BCUT2D eigenvalue weighted by molar-refractivity contribution is 8.00. The van der Waals surface area contributed by atoms with Gasteiger partial charge in [0.05, 0.1) is 5.25 Å². The molecule has 0 aliphatic rings. The van der Waals surface area contributed by atoms with E-state index in [9.17, 15) is 4.79 Å². The predicted molar refractivity (Wildman–Crippen MR) is 64.4 cm³/mol. The van der Waals surface area contributed by atoms with Crippen LogP contribution >= 0.6 is 11.8 Å². The Morgan fingerprint density at radius 1 is 1.50 bits per heavy atom. The van der Waals surface area contributed by atoms with Gasteiger partial charge in [-0.2, -0.15) is 0 Å². The summed E-state index contributed by atoms with van der Waals surface area (Å²) in [5.74, 6) is 0.863. The molecule has 0 aliphatic heterocycles. The summed E-state index contributed by atoms with van der Waals surface area (Å²) in [4.78, 5) is 15.9. The molecule has 1 amide bonds. The average Bonchev–Trinajstić information content (AvgIpc) is 2.64. The van der Waals surface area contributed by atoms with Crippen molar-refractivity contribution in [2.45, 2.75) is 50.6 Å². The first kappa shape index (κ1) is 13.0. The van der Waals surface area contributed by atoms with Gasteiger partial charge in [0.1, 0.15) is 5.82 Å². The van der Waals surface area contributed by atoms with E-state index in [1.165, 1.54) is 11.8 Å². The smallest absolute Gasteiger partial charge is 0.233 e. The van der Waals surface area contributed by atoms with E-state index < -0.39 is 0 Å². The summed E-state index contributed by atoms with van der Waals surface area (Å²) in [5.41, 5.74) is 0. The van der Waals surface area contributed by atoms with Crippen LogP contribution in [0.4, 0.5) is 0 Å². The molecule has 1 rings (SSSR count). The van der Waals surface area contributed by atoms with Gasteiger partial charge in [0, 0.05) is 12.5 Å². The van der Waals surface area contributed by atoms with Crippen molar-refractivity contribution in [3.8, 4) is 0 Å². The Balaban J connectivity index is 2.50. The Kier molecular flexibility index (Phi) is 4.79. The van der Waals surface area contributed by atoms with Crippen molar-refractivity contribution >= 4 is 17.7 Å². The van der Waals surface area contributed by atoms with Gasteiger partial charge in [0.25, 0.3) is 0 Å². The highest BCUT2D eigenvalue weighted by Gasteiger charge is 2.17. The van der Waals surface area contributed by atoms with E-state index >= 15 is 0 Å². The number of carbonyl (C=O) groups is 1. The molecule has 5 nitrogen and oxygen atoms in total. The van der Waals surface area contributed by atoms with Crippen molar-refractivity contribution in [3.63, 3.8) is 0 Å². The largest absolute Gasteiger partial charge is 0.353 e. The maximum absolute atomic E-state index is 11.6. The van der Waals surface area contributed by atoms with Gasteiger partial charge in [-0.25, -0.2) is 4.98 Å². The second kappa shape index (κ2) is 5.89. The molecule has 0 fully saturated rings. The number of thioether (sulfide) groups is 1. The van der Waals surface area contributed by atoms with Gasteiger partial charge in [-0.1, -0.05) is 18.7 Å². The monoisotopic (exact) mass is 242 g/mol. The van der Waals surface area contributed by atoms with Gasteiger partial charge in [-0.3, -0.25) is 9.89 Å². The first-order valence-corrected chi connectivity index (χ1v) is 6.29. The molecule has 16 heavy (non-hydrogen) atoms. The summed E-state index contributed by atoms with van der Waals surface area (Å²) in [6, 6.07) is 0.161. The molecule has 1 heterocycles. The summed E-state index contributed by atoms with van der Waals surface area (Å²) in [5, 5.41) is 10.2. The Morgan fingerprint density at radius 2 is 2.19 bits per heavy atom. The zero-order valence-corrected chi connectivity index (χ0v) is 10.9. The minimum atomic E-state index is -0.178. The minimum Gasteiger partial charge on any atom is -0.353 e. The fourth-order valence-corrected chi connectivity index (χ4v) is 1.85. The van der Waals surface area contributed by atoms with Crippen molar-refractivity contribution < 1.29 is 4.79 Å². The highest BCUT2D eigenvalue weighted by Crippen LogP contribution is 2.19. The van der Waals surface area contributed by atoms with Crippen LogP contribution < -0.4 is 5.32 Å². The third-order valence-electron chi connectivity index (χ3n) is 1.93. The molecular weight excluding hydrogens is 224 g/mol. The molecule has 0 saturated heterocycles. The normalized spacial score (nSPS) is 12.8. The number of nitrogens with zero attached hydrogens (tertiary/aromatic N) is 2. The second-order valence-electron chi connectivity index (χ2n) is 3.84. The van der Waals surface area contributed by atoms with E-state index in [0.29, 0.717) is 5.16 Å². The first-order chi connectivity index (χ1) is 7.52. The number of carbonyl (C=O) groups excluding carboxylic acids is 1. The van der Waals surface area contributed by atoms with Crippen LogP contribution in [-0.2, 0) is 11.2 Å². The zero-order chi connectivity index (χ0) is 12.1. The Bertz CT molecular complexity index is 350. The number of H-pyrrole nitrogens is 1. The number of aryl methyl sites for hydroxylation is 1.